The number of anilines is 2. The van der Waals surface area contributed by atoms with E-state index >= 15 is 0 Å². The zero-order valence-electron chi connectivity index (χ0n) is 12.7. The van der Waals surface area contributed by atoms with Crippen LogP contribution >= 0.6 is 11.3 Å². The highest BCUT2D eigenvalue weighted by Gasteiger charge is 2.15. The molecule has 1 aliphatic heterocycles. The van der Waals surface area contributed by atoms with Crippen molar-refractivity contribution in [3.63, 3.8) is 0 Å². The van der Waals surface area contributed by atoms with Crippen molar-refractivity contribution in [1.82, 2.24) is 4.90 Å². The van der Waals surface area contributed by atoms with Gasteiger partial charge in [-0.1, -0.05) is 6.07 Å². The van der Waals surface area contributed by atoms with Gasteiger partial charge in [-0.2, -0.15) is 0 Å². The second-order valence-electron chi connectivity index (χ2n) is 5.54. The van der Waals surface area contributed by atoms with Crippen LogP contribution in [0.4, 0.5) is 11.4 Å². The fraction of sp³-hybridized carbons (Fsp3) is 0.294. The van der Waals surface area contributed by atoms with Crippen molar-refractivity contribution in [3.05, 3.63) is 46.7 Å². The number of carbonyl (C=O) groups is 2. The minimum absolute atomic E-state index is 0.00210. The number of nitrogens with zero attached hydrogens (tertiary/aromatic N) is 1. The Morgan fingerprint density at radius 1 is 1.00 bits per heavy atom. The van der Waals surface area contributed by atoms with Gasteiger partial charge in [0, 0.05) is 11.4 Å². The lowest BCUT2D eigenvalue weighted by Gasteiger charge is -2.14. The molecule has 1 saturated heterocycles. The highest BCUT2D eigenvalue weighted by molar-refractivity contribution is 7.12. The van der Waals surface area contributed by atoms with Crippen LogP contribution in [0.25, 0.3) is 0 Å². The maximum absolute atomic E-state index is 12.0. The van der Waals surface area contributed by atoms with E-state index < -0.39 is 0 Å². The van der Waals surface area contributed by atoms with Crippen LogP contribution in [-0.2, 0) is 4.79 Å². The highest BCUT2D eigenvalue weighted by atomic mass is 32.1. The van der Waals surface area contributed by atoms with Gasteiger partial charge >= 0.3 is 0 Å². The van der Waals surface area contributed by atoms with Crippen LogP contribution in [0.5, 0.6) is 0 Å². The van der Waals surface area contributed by atoms with Crippen LogP contribution in [-0.4, -0.2) is 36.3 Å². The van der Waals surface area contributed by atoms with Crippen LogP contribution in [0.2, 0.25) is 0 Å². The lowest BCUT2D eigenvalue weighted by atomic mass is 10.2. The summed E-state index contributed by atoms with van der Waals surface area (Å²) in [5, 5.41) is 7.59. The standard InChI is InChI=1S/C17H19N3O2S/c21-16(12-20-9-1-2-10-20)18-13-5-7-14(8-6-13)19-17(22)15-4-3-11-23-15/h3-8,11H,1-2,9-10,12H2,(H,18,21)(H,19,22). The molecule has 2 aromatic rings. The molecule has 0 spiro atoms. The van der Waals surface area contributed by atoms with Crippen LogP contribution in [0, 0.1) is 0 Å². The average Bonchev–Trinajstić information content (AvgIpc) is 3.22. The summed E-state index contributed by atoms with van der Waals surface area (Å²) in [4.78, 5) is 26.8. The molecule has 1 fully saturated rings. The van der Waals surface area contributed by atoms with E-state index in [-0.39, 0.29) is 11.8 Å². The largest absolute Gasteiger partial charge is 0.325 e. The number of thiophene rings is 1. The first kappa shape index (κ1) is 15.7. The molecular weight excluding hydrogens is 310 g/mol. The summed E-state index contributed by atoms with van der Waals surface area (Å²) in [6.07, 6.45) is 2.35. The predicted octanol–water partition coefficient (Wildman–Crippen LogP) is 3.03. The highest BCUT2D eigenvalue weighted by Crippen LogP contribution is 2.16. The molecule has 1 aliphatic rings. The Kier molecular flexibility index (Phi) is 5.05. The van der Waals surface area contributed by atoms with E-state index in [1.165, 1.54) is 24.2 Å². The molecule has 0 bridgehead atoms. The number of rotatable bonds is 5. The molecule has 2 amide bonds. The quantitative estimate of drug-likeness (QED) is 0.886. The SMILES string of the molecule is O=C(CN1CCCC1)Nc1ccc(NC(=O)c2cccs2)cc1. The van der Waals surface area contributed by atoms with Gasteiger partial charge < -0.3 is 10.6 Å². The molecule has 3 rings (SSSR count). The Morgan fingerprint density at radius 2 is 1.65 bits per heavy atom. The molecule has 1 aromatic carbocycles. The van der Waals surface area contributed by atoms with Crippen molar-refractivity contribution < 1.29 is 9.59 Å². The van der Waals surface area contributed by atoms with Crippen molar-refractivity contribution in [1.29, 1.82) is 0 Å². The number of carbonyl (C=O) groups excluding carboxylic acids is 2. The molecule has 2 heterocycles. The van der Waals surface area contributed by atoms with Crippen molar-refractivity contribution in [2.24, 2.45) is 0 Å². The number of benzene rings is 1. The minimum atomic E-state index is -0.120. The molecule has 5 nitrogen and oxygen atoms in total. The fourth-order valence-corrected chi connectivity index (χ4v) is 3.20. The lowest BCUT2D eigenvalue weighted by molar-refractivity contribution is -0.117. The van der Waals surface area contributed by atoms with E-state index in [1.54, 1.807) is 30.3 Å². The van der Waals surface area contributed by atoms with Gasteiger partial charge in [-0.15, -0.1) is 11.3 Å². The molecular formula is C17H19N3O2S. The van der Waals surface area contributed by atoms with E-state index in [0.29, 0.717) is 17.1 Å². The molecule has 120 valence electrons. The number of nitrogens with one attached hydrogen (secondary N) is 2. The van der Waals surface area contributed by atoms with Gasteiger partial charge in [0.2, 0.25) is 5.91 Å². The maximum atomic E-state index is 12.0. The Hall–Kier alpha value is -2.18. The predicted molar refractivity (Wildman–Crippen MR) is 93.0 cm³/mol. The first-order valence-electron chi connectivity index (χ1n) is 7.68. The number of amides is 2. The molecule has 0 atom stereocenters. The van der Waals surface area contributed by atoms with Gasteiger partial charge in [-0.25, -0.2) is 0 Å². The zero-order valence-corrected chi connectivity index (χ0v) is 13.6. The molecule has 23 heavy (non-hydrogen) atoms. The van der Waals surface area contributed by atoms with Crippen LogP contribution < -0.4 is 10.6 Å². The first-order valence-corrected chi connectivity index (χ1v) is 8.56. The summed E-state index contributed by atoms with van der Waals surface area (Å²) >= 11 is 1.40. The smallest absolute Gasteiger partial charge is 0.265 e. The van der Waals surface area contributed by atoms with Crippen LogP contribution in [0.3, 0.4) is 0 Å². The van der Waals surface area contributed by atoms with Crippen molar-refractivity contribution in [2.45, 2.75) is 12.8 Å². The maximum Gasteiger partial charge on any atom is 0.265 e. The first-order chi connectivity index (χ1) is 11.2. The molecule has 0 aliphatic carbocycles. The minimum Gasteiger partial charge on any atom is -0.325 e. The summed E-state index contributed by atoms with van der Waals surface area (Å²) in [5.41, 5.74) is 1.45. The van der Waals surface area contributed by atoms with Gasteiger partial charge in [-0.3, -0.25) is 14.5 Å². The number of hydrogen-bond donors (Lipinski definition) is 2. The summed E-state index contributed by atoms with van der Waals surface area (Å²) in [5.74, 6) is -0.118. The lowest BCUT2D eigenvalue weighted by Crippen LogP contribution is -2.30. The normalized spacial score (nSPS) is 14.6. The summed E-state index contributed by atoms with van der Waals surface area (Å²) in [6, 6.07) is 10.8. The van der Waals surface area contributed by atoms with E-state index in [2.05, 4.69) is 15.5 Å². The topological polar surface area (TPSA) is 61.4 Å². The van der Waals surface area contributed by atoms with E-state index in [0.717, 1.165) is 18.8 Å². The van der Waals surface area contributed by atoms with Gasteiger partial charge in [0.1, 0.15) is 0 Å². The van der Waals surface area contributed by atoms with Gasteiger partial charge in [-0.05, 0) is 61.6 Å². The third-order valence-corrected chi connectivity index (χ3v) is 4.61. The summed E-state index contributed by atoms with van der Waals surface area (Å²) < 4.78 is 0. The van der Waals surface area contributed by atoms with Crippen LogP contribution in [0.1, 0.15) is 22.5 Å². The van der Waals surface area contributed by atoms with Crippen molar-refractivity contribution in [2.75, 3.05) is 30.3 Å². The average molecular weight is 329 g/mol. The second-order valence-corrected chi connectivity index (χ2v) is 6.49. The number of hydrogen-bond acceptors (Lipinski definition) is 4. The second kappa shape index (κ2) is 7.39. The van der Waals surface area contributed by atoms with Gasteiger partial charge in [0.15, 0.2) is 0 Å². The Balaban J connectivity index is 1.52. The zero-order chi connectivity index (χ0) is 16.1. The monoisotopic (exact) mass is 329 g/mol. The fourth-order valence-electron chi connectivity index (χ4n) is 2.58. The Labute approximate surface area is 139 Å². The molecule has 0 radical (unpaired) electrons. The molecule has 2 N–H and O–H groups in total. The summed E-state index contributed by atoms with van der Waals surface area (Å²) in [6.45, 7) is 2.44. The Bertz CT molecular complexity index is 662. The Morgan fingerprint density at radius 3 is 2.26 bits per heavy atom. The van der Waals surface area contributed by atoms with E-state index in [1.807, 2.05) is 11.4 Å². The molecule has 1 aromatic heterocycles. The molecule has 0 saturated carbocycles. The summed E-state index contributed by atoms with van der Waals surface area (Å²) in [7, 11) is 0. The van der Waals surface area contributed by atoms with Crippen molar-refractivity contribution in [3.8, 4) is 0 Å². The van der Waals surface area contributed by atoms with E-state index in [4.69, 9.17) is 0 Å². The molecule has 6 heteroatoms. The van der Waals surface area contributed by atoms with Crippen LogP contribution in [0.15, 0.2) is 41.8 Å². The van der Waals surface area contributed by atoms with Gasteiger partial charge in [0.05, 0.1) is 11.4 Å². The number of likely N-dealkylation sites (tertiary alicyclic amines) is 1. The molecule has 0 unspecified atom stereocenters. The third-order valence-electron chi connectivity index (χ3n) is 3.74. The third kappa shape index (κ3) is 4.40. The van der Waals surface area contributed by atoms with Crippen molar-refractivity contribution >= 4 is 34.5 Å². The van der Waals surface area contributed by atoms with Gasteiger partial charge in [0.25, 0.3) is 5.91 Å². The van der Waals surface area contributed by atoms with E-state index in [9.17, 15) is 9.59 Å².